The SMILES string of the molecule is CCO[PH](=O)CCC(C)=O. The van der Waals surface area contributed by atoms with E-state index in [1.54, 1.807) is 6.92 Å². The Bertz CT molecular complexity index is 133. The van der Waals surface area contributed by atoms with Crippen molar-refractivity contribution in [3.8, 4) is 0 Å². The van der Waals surface area contributed by atoms with E-state index in [9.17, 15) is 9.36 Å². The van der Waals surface area contributed by atoms with E-state index in [-0.39, 0.29) is 5.78 Å². The zero-order chi connectivity index (χ0) is 7.98. The third kappa shape index (κ3) is 5.99. The third-order valence-electron chi connectivity index (χ3n) is 0.987. The lowest BCUT2D eigenvalue weighted by Gasteiger charge is -1.97. The molecule has 0 aromatic rings. The first-order valence-electron chi connectivity index (χ1n) is 3.32. The Labute approximate surface area is 61.6 Å². The predicted octanol–water partition coefficient (Wildman–Crippen LogP) is 1.48. The second kappa shape index (κ2) is 5.63. The summed E-state index contributed by atoms with van der Waals surface area (Å²) < 4.78 is 15.5. The van der Waals surface area contributed by atoms with Crippen LogP contribution in [0, 0.1) is 0 Å². The average Bonchev–Trinajstić information content (AvgIpc) is 1.85. The largest absolute Gasteiger partial charge is 0.331 e. The van der Waals surface area contributed by atoms with Gasteiger partial charge in [-0.05, 0) is 13.8 Å². The molecule has 3 nitrogen and oxygen atoms in total. The highest BCUT2D eigenvalue weighted by Crippen LogP contribution is 2.22. The molecule has 10 heavy (non-hydrogen) atoms. The van der Waals surface area contributed by atoms with Crippen molar-refractivity contribution in [2.75, 3.05) is 12.8 Å². The highest BCUT2D eigenvalue weighted by atomic mass is 31.1. The van der Waals surface area contributed by atoms with E-state index in [4.69, 9.17) is 4.52 Å². The van der Waals surface area contributed by atoms with Gasteiger partial charge in [0, 0.05) is 12.6 Å². The molecule has 0 bridgehead atoms. The number of hydrogen-bond donors (Lipinski definition) is 0. The smallest absolute Gasteiger partial charge is 0.192 e. The lowest BCUT2D eigenvalue weighted by Crippen LogP contribution is -1.92. The topological polar surface area (TPSA) is 43.4 Å². The van der Waals surface area contributed by atoms with Crippen LogP contribution in [-0.4, -0.2) is 18.6 Å². The van der Waals surface area contributed by atoms with Gasteiger partial charge in [0.1, 0.15) is 5.78 Å². The van der Waals surface area contributed by atoms with Crippen LogP contribution >= 0.6 is 8.03 Å². The number of carbonyl (C=O) groups excluding carboxylic acids is 1. The Balaban J connectivity index is 3.30. The van der Waals surface area contributed by atoms with Crippen LogP contribution in [0.2, 0.25) is 0 Å². The zero-order valence-electron chi connectivity index (χ0n) is 6.35. The molecular formula is C6H13O3P. The van der Waals surface area contributed by atoms with Crippen LogP contribution in [0.25, 0.3) is 0 Å². The number of ketones is 1. The van der Waals surface area contributed by atoms with Crippen molar-refractivity contribution < 1.29 is 13.9 Å². The summed E-state index contributed by atoms with van der Waals surface area (Å²) in [5, 5.41) is 0. The van der Waals surface area contributed by atoms with Crippen molar-refractivity contribution in [3.05, 3.63) is 0 Å². The molecule has 0 radical (unpaired) electrons. The maximum atomic E-state index is 10.8. The first kappa shape index (κ1) is 9.86. The minimum absolute atomic E-state index is 0.0676. The molecule has 0 aliphatic carbocycles. The van der Waals surface area contributed by atoms with Gasteiger partial charge in [-0.3, -0.25) is 4.57 Å². The van der Waals surface area contributed by atoms with Gasteiger partial charge in [-0.1, -0.05) is 0 Å². The molecule has 0 aromatic carbocycles. The lowest BCUT2D eigenvalue weighted by molar-refractivity contribution is -0.116. The van der Waals surface area contributed by atoms with Crippen LogP contribution in [0.15, 0.2) is 0 Å². The van der Waals surface area contributed by atoms with Crippen molar-refractivity contribution in [2.45, 2.75) is 20.3 Å². The van der Waals surface area contributed by atoms with E-state index in [1.165, 1.54) is 6.92 Å². The Morgan fingerprint density at radius 1 is 1.60 bits per heavy atom. The fourth-order valence-electron chi connectivity index (χ4n) is 0.511. The summed E-state index contributed by atoms with van der Waals surface area (Å²) >= 11 is 0. The van der Waals surface area contributed by atoms with Crippen LogP contribution < -0.4 is 0 Å². The summed E-state index contributed by atoms with van der Waals surface area (Å²) in [6.07, 6.45) is 0.769. The maximum Gasteiger partial charge on any atom is 0.192 e. The molecule has 0 aliphatic rings. The first-order valence-corrected chi connectivity index (χ1v) is 4.84. The van der Waals surface area contributed by atoms with Crippen molar-refractivity contribution in [1.29, 1.82) is 0 Å². The predicted molar refractivity (Wildman–Crippen MR) is 40.8 cm³/mol. The van der Waals surface area contributed by atoms with Gasteiger partial charge in [-0.15, -0.1) is 0 Å². The summed E-state index contributed by atoms with van der Waals surface area (Å²) in [4.78, 5) is 10.4. The quantitative estimate of drug-likeness (QED) is 0.578. The minimum Gasteiger partial charge on any atom is -0.331 e. The molecule has 60 valence electrons. The van der Waals surface area contributed by atoms with E-state index in [0.29, 0.717) is 19.2 Å². The van der Waals surface area contributed by atoms with Gasteiger partial charge in [0.25, 0.3) is 0 Å². The molecule has 1 unspecified atom stereocenters. The van der Waals surface area contributed by atoms with E-state index in [0.717, 1.165) is 0 Å². The maximum absolute atomic E-state index is 10.8. The van der Waals surface area contributed by atoms with Crippen molar-refractivity contribution >= 4 is 13.8 Å². The van der Waals surface area contributed by atoms with E-state index in [2.05, 4.69) is 0 Å². The molecule has 0 aliphatic heterocycles. The summed E-state index contributed by atoms with van der Waals surface area (Å²) in [5.74, 6) is 0.0676. The van der Waals surface area contributed by atoms with Crippen LogP contribution in [0.4, 0.5) is 0 Å². The second-order valence-corrected chi connectivity index (χ2v) is 3.54. The van der Waals surface area contributed by atoms with Gasteiger partial charge >= 0.3 is 0 Å². The van der Waals surface area contributed by atoms with Gasteiger partial charge < -0.3 is 9.32 Å². The summed E-state index contributed by atoms with van der Waals surface area (Å²) in [6, 6.07) is 0. The number of carbonyl (C=O) groups is 1. The van der Waals surface area contributed by atoms with E-state index < -0.39 is 8.03 Å². The first-order chi connectivity index (χ1) is 4.66. The molecule has 0 rings (SSSR count). The summed E-state index contributed by atoms with van der Waals surface area (Å²) in [5.41, 5.74) is 0. The van der Waals surface area contributed by atoms with Crippen LogP contribution in [0.3, 0.4) is 0 Å². The fourth-order valence-corrected chi connectivity index (χ4v) is 1.53. The highest BCUT2D eigenvalue weighted by Gasteiger charge is 1.99. The fraction of sp³-hybridized carbons (Fsp3) is 0.833. The molecule has 0 spiro atoms. The third-order valence-corrected chi connectivity index (χ3v) is 2.26. The Morgan fingerprint density at radius 2 is 2.20 bits per heavy atom. The number of Topliss-reactive ketones (excluding diaryl/α,β-unsaturated/α-hetero) is 1. The molecule has 0 saturated carbocycles. The zero-order valence-corrected chi connectivity index (χ0v) is 7.35. The second-order valence-electron chi connectivity index (χ2n) is 2.01. The van der Waals surface area contributed by atoms with Gasteiger partial charge in [-0.2, -0.15) is 0 Å². The van der Waals surface area contributed by atoms with Crippen LogP contribution in [0.5, 0.6) is 0 Å². The van der Waals surface area contributed by atoms with Gasteiger partial charge in [-0.25, -0.2) is 0 Å². The molecule has 0 saturated heterocycles. The molecule has 4 heteroatoms. The average molecular weight is 164 g/mol. The number of hydrogen-bond acceptors (Lipinski definition) is 3. The molecule has 1 atom stereocenters. The standard InChI is InChI=1S/C6H13O3P/c1-3-9-10(8)5-4-6(2)7/h10H,3-5H2,1-2H3. The highest BCUT2D eigenvalue weighted by molar-refractivity contribution is 7.39. The normalized spacial score (nSPS) is 13.0. The van der Waals surface area contributed by atoms with Gasteiger partial charge in [0.2, 0.25) is 0 Å². The molecule has 0 fully saturated rings. The van der Waals surface area contributed by atoms with E-state index in [1.807, 2.05) is 0 Å². The van der Waals surface area contributed by atoms with Gasteiger partial charge in [0.15, 0.2) is 8.03 Å². The number of rotatable bonds is 5. The molecule has 0 N–H and O–H groups in total. The lowest BCUT2D eigenvalue weighted by atomic mass is 10.4. The Kier molecular flexibility index (Phi) is 5.55. The van der Waals surface area contributed by atoms with Gasteiger partial charge in [0.05, 0.1) is 6.61 Å². The summed E-state index contributed by atoms with van der Waals surface area (Å²) in [7, 11) is -1.91. The summed E-state index contributed by atoms with van der Waals surface area (Å²) in [6.45, 7) is 3.74. The van der Waals surface area contributed by atoms with Crippen molar-refractivity contribution in [3.63, 3.8) is 0 Å². The van der Waals surface area contributed by atoms with Crippen LogP contribution in [0.1, 0.15) is 20.3 Å². The molecular weight excluding hydrogens is 151 g/mol. The van der Waals surface area contributed by atoms with Crippen molar-refractivity contribution in [1.82, 2.24) is 0 Å². The Hall–Kier alpha value is -0.140. The molecule has 0 heterocycles. The van der Waals surface area contributed by atoms with E-state index >= 15 is 0 Å². The Morgan fingerprint density at radius 3 is 2.60 bits per heavy atom. The monoisotopic (exact) mass is 164 g/mol. The molecule has 0 amide bonds. The van der Waals surface area contributed by atoms with Crippen molar-refractivity contribution in [2.24, 2.45) is 0 Å². The minimum atomic E-state index is -1.91. The van der Waals surface area contributed by atoms with Crippen LogP contribution in [-0.2, 0) is 13.9 Å². The molecule has 0 aromatic heterocycles.